The van der Waals surface area contributed by atoms with Gasteiger partial charge in [-0.25, -0.2) is 0 Å². The molecule has 1 saturated heterocycles. The molecule has 0 saturated carbocycles. The molecule has 1 aliphatic rings. The number of carbonyl (C=O) groups is 1. The Hall–Kier alpha value is -1.35. The highest BCUT2D eigenvalue weighted by molar-refractivity contribution is 5.66. The molecular formula is C16H23NO2. The number of aliphatic carboxylic acids is 1. The minimum atomic E-state index is -0.683. The van der Waals surface area contributed by atoms with E-state index in [0.29, 0.717) is 6.42 Å². The number of carboxylic acids is 1. The van der Waals surface area contributed by atoms with Gasteiger partial charge in [0.05, 0.1) is 0 Å². The first-order valence-corrected chi connectivity index (χ1v) is 7.22. The van der Waals surface area contributed by atoms with Crippen molar-refractivity contribution in [3.63, 3.8) is 0 Å². The predicted molar refractivity (Wildman–Crippen MR) is 76.2 cm³/mol. The standard InChI is InChI=1S/C16H23NO2/c18-16(19)9-5-11-17-10-4-8-15(13-17)12-14-6-2-1-3-7-14/h1-3,6-7,15H,4-5,8-13H2,(H,18,19). The molecule has 1 aliphatic heterocycles. The van der Waals surface area contributed by atoms with Gasteiger partial charge in [0.15, 0.2) is 0 Å². The van der Waals surface area contributed by atoms with Gasteiger partial charge in [0, 0.05) is 13.0 Å². The molecule has 1 aromatic rings. The molecule has 3 heteroatoms. The van der Waals surface area contributed by atoms with Crippen LogP contribution in [0, 0.1) is 5.92 Å². The largest absolute Gasteiger partial charge is 0.481 e. The zero-order valence-electron chi connectivity index (χ0n) is 11.4. The summed E-state index contributed by atoms with van der Waals surface area (Å²) in [6.07, 6.45) is 4.75. The maximum Gasteiger partial charge on any atom is 0.303 e. The van der Waals surface area contributed by atoms with E-state index < -0.39 is 5.97 Å². The predicted octanol–water partition coefficient (Wildman–Crippen LogP) is 2.81. The van der Waals surface area contributed by atoms with Crippen LogP contribution in [0.4, 0.5) is 0 Å². The number of hydrogen-bond donors (Lipinski definition) is 1. The number of carboxylic acid groups (broad SMARTS) is 1. The molecule has 1 fully saturated rings. The van der Waals surface area contributed by atoms with Crippen LogP contribution in [-0.4, -0.2) is 35.6 Å². The number of rotatable bonds is 6. The summed E-state index contributed by atoms with van der Waals surface area (Å²) in [6, 6.07) is 10.7. The van der Waals surface area contributed by atoms with E-state index in [9.17, 15) is 4.79 Å². The van der Waals surface area contributed by atoms with Gasteiger partial charge in [-0.1, -0.05) is 30.3 Å². The molecule has 1 unspecified atom stereocenters. The van der Waals surface area contributed by atoms with Gasteiger partial charge in [-0.05, 0) is 50.3 Å². The van der Waals surface area contributed by atoms with Crippen LogP contribution in [0.3, 0.4) is 0 Å². The number of piperidine rings is 1. The smallest absolute Gasteiger partial charge is 0.303 e. The molecule has 104 valence electrons. The van der Waals surface area contributed by atoms with Crippen LogP contribution in [0.25, 0.3) is 0 Å². The number of likely N-dealkylation sites (tertiary alicyclic amines) is 1. The first-order valence-electron chi connectivity index (χ1n) is 7.22. The van der Waals surface area contributed by atoms with E-state index in [4.69, 9.17) is 5.11 Å². The first-order chi connectivity index (χ1) is 9.24. The molecule has 0 radical (unpaired) electrons. The van der Waals surface area contributed by atoms with Crippen LogP contribution in [0.15, 0.2) is 30.3 Å². The van der Waals surface area contributed by atoms with Crippen LogP contribution in [0.1, 0.15) is 31.2 Å². The Kier molecular flexibility index (Phi) is 5.40. The molecule has 2 rings (SSSR count). The van der Waals surface area contributed by atoms with E-state index in [2.05, 4.69) is 35.2 Å². The fourth-order valence-corrected chi connectivity index (χ4v) is 2.92. The molecule has 0 spiro atoms. The van der Waals surface area contributed by atoms with Gasteiger partial charge < -0.3 is 10.0 Å². The summed E-state index contributed by atoms with van der Waals surface area (Å²) in [5.74, 6) is 0.0406. The first kappa shape index (κ1) is 14.1. The Labute approximate surface area is 115 Å². The van der Waals surface area contributed by atoms with Gasteiger partial charge in [0.2, 0.25) is 0 Å². The topological polar surface area (TPSA) is 40.5 Å². The maximum atomic E-state index is 10.5. The quantitative estimate of drug-likeness (QED) is 0.856. The fourth-order valence-electron chi connectivity index (χ4n) is 2.92. The second kappa shape index (κ2) is 7.29. The van der Waals surface area contributed by atoms with E-state index in [-0.39, 0.29) is 0 Å². The van der Waals surface area contributed by atoms with E-state index in [1.807, 2.05) is 0 Å². The van der Waals surface area contributed by atoms with Gasteiger partial charge in [-0.3, -0.25) is 4.79 Å². The summed E-state index contributed by atoms with van der Waals surface area (Å²) in [6.45, 7) is 3.18. The van der Waals surface area contributed by atoms with Gasteiger partial charge >= 0.3 is 5.97 Å². The molecule has 1 N–H and O–H groups in total. The Morgan fingerprint density at radius 2 is 2.11 bits per heavy atom. The Morgan fingerprint density at radius 1 is 1.32 bits per heavy atom. The van der Waals surface area contributed by atoms with E-state index in [1.165, 1.54) is 18.4 Å². The Balaban J connectivity index is 1.75. The van der Waals surface area contributed by atoms with Crippen LogP contribution in [0.5, 0.6) is 0 Å². The molecule has 0 amide bonds. The SMILES string of the molecule is O=C(O)CCCN1CCCC(Cc2ccccc2)C1. The maximum absolute atomic E-state index is 10.5. The summed E-state index contributed by atoms with van der Waals surface area (Å²) in [5, 5.41) is 8.67. The highest BCUT2D eigenvalue weighted by atomic mass is 16.4. The van der Waals surface area contributed by atoms with Crippen LogP contribution in [0.2, 0.25) is 0 Å². The summed E-state index contributed by atoms with van der Waals surface area (Å²) in [4.78, 5) is 13.0. The average molecular weight is 261 g/mol. The molecule has 3 nitrogen and oxygen atoms in total. The molecule has 0 bridgehead atoms. The lowest BCUT2D eigenvalue weighted by molar-refractivity contribution is -0.137. The second-order valence-corrected chi connectivity index (χ2v) is 5.50. The molecule has 19 heavy (non-hydrogen) atoms. The van der Waals surface area contributed by atoms with E-state index >= 15 is 0 Å². The molecule has 1 aromatic carbocycles. The number of hydrogen-bond acceptors (Lipinski definition) is 2. The monoisotopic (exact) mass is 261 g/mol. The van der Waals surface area contributed by atoms with Crippen molar-refractivity contribution < 1.29 is 9.90 Å². The summed E-state index contributed by atoms with van der Waals surface area (Å²) in [5.41, 5.74) is 1.42. The van der Waals surface area contributed by atoms with Crippen molar-refractivity contribution in [3.8, 4) is 0 Å². The number of nitrogens with zero attached hydrogens (tertiary/aromatic N) is 1. The van der Waals surface area contributed by atoms with Gasteiger partial charge in [-0.15, -0.1) is 0 Å². The van der Waals surface area contributed by atoms with E-state index in [1.54, 1.807) is 0 Å². The van der Waals surface area contributed by atoms with Crippen molar-refractivity contribution in [2.24, 2.45) is 5.92 Å². The second-order valence-electron chi connectivity index (χ2n) is 5.50. The Bertz CT molecular complexity index is 391. The molecule has 1 heterocycles. The van der Waals surface area contributed by atoms with Gasteiger partial charge in [-0.2, -0.15) is 0 Å². The highest BCUT2D eigenvalue weighted by Gasteiger charge is 2.19. The lowest BCUT2D eigenvalue weighted by Crippen LogP contribution is -2.37. The van der Waals surface area contributed by atoms with Crippen molar-refractivity contribution in [1.82, 2.24) is 4.90 Å². The fraction of sp³-hybridized carbons (Fsp3) is 0.562. The molecule has 0 aromatic heterocycles. The van der Waals surface area contributed by atoms with Gasteiger partial charge in [0.25, 0.3) is 0 Å². The van der Waals surface area contributed by atoms with Crippen molar-refractivity contribution in [1.29, 1.82) is 0 Å². The zero-order valence-corrected chi connectivity index (χ0v) is 11.4. The zero-order chi connectivity index (χ0) is 13.5. The van der Waals surface area contributed by atoms with E-state index in [0.717, 1.165) is 38.4 Å². The molecular weight excluding hydrogens is 238 g/mol. The van der Waals surface area contributed by atoms with Crippen molar-refractivity contribution in [2.45, 2.75) is 32.1 Å². The third-order valence-corrected chi connectivity index (χ3v) is 3.84. The number of benzene rings is 1. The van der Waals surface area contributed by atoms with Crippen LogP contribution in [-0.2, 0) is 11.2 Å². The minimum Gasteiger partial charge on any atom is -0.481 e. The van der Waals surface area contributed by atoms with Crippen molar-refractivity contribution in [2.75, 3.05) is 19.6 Å². The summed E-state index contributed by atoms with van der Waals surface area (Å²) < 4.78 is 0. The van der Waals surface area contributed by atoms with Crippen LogP contribution >= 0.6 is 0 Å². The van der Waals surface area contributed by atoms with Crippen molar-refractivity contribution >= 4 is 5.97 Å². The normalized spacial score (nSPS) is 20.3. The summed E-state index contributed by atoms with van der Waals surface area (Å²) >= 11 is 0. The molecule has 0 aliphatic carbocycles. The minimum absolute atomic E-state index is 0.292. The third kappa shape index (κ3) is 5.03. The third-order valence-electron chi connectivity index (χ3n) is 3.84. The highest BCUT2D eigenvalue weighted by Crippen LogP contribution is 2.21. The average Bonchev–Trinajstić information content (AvgIpc) is 2.40. The Morgan fingerprint density at radius 3 is 2.84 bits per heavy atom. The van der Waals surface area contributed by atoms with Gasteiger partial charge in [0.1, 0.15) is 0 Å². The van der Waals surface area contributed by atoms with Crippen molar-refractivity contribution in [3.05, 3.63) is 35.9 Å². The molecule has 1 atom stereocenters. The summed E-state index contributed by atoms with van der Waals surface area (Å²) in [7, 11) is 0. The lowest BCUT2D eigenvalue weighted by atomic mass is 9.91. The van der Waals surface area contributed by atoms with Crippen LogP contribution < -0.4 is 0 Å². The lowest BCUT2D eigenvalue weighted by Gasteiger charge is -2.32.